The van der Waals surface area contributed by atoms with Crippen LogP contribution in [0.3, 0.4) is 0 Å². The molecule has 0 aliphatic carbocycles. The Labute approximate surface area is 141 Å². The second-order valence-corrected chi connectivity index (χ2v) is 6.71. The zero-order valence-corrected chi connectivity index (χ0v) is 14.1. The highest BCUT2D eigenvalue weighted by Crippen LogP contribution is 2.36. The Morgan fingerprint density at radius 1 is 1.17 bits per heavy atom. The summed E-state index contributed by atoms with van der Waals surface area (Å²) in [4.78, 5) is 39.8. The van der Waals surface area contributed by atoms with Gasteiger partial charge in [0.25, 0.3) is 0 Å². The summed E-state index contributed by atoms with van der Waals surface area (Å²) in [5.74, 6) is 0.0904. The number of hydrogen-bond donors (Lipinski definition) is 1. The topological polar surface area (TPSA) is 69.7 Å². The summed E-state index contributed by atoms with van der Waals surface area (Å²) < 4.78 is 0. The van der Waals surface area contributed by atoms with Gasteiger partial charge in [-0.15, -0.1) is 0 Å². The number of piperidine rings is 1. The number of amides is 3. The van der Waals surface area contributed by atoms with Crippen molar-refractivity contribution in [1.82, 2.24) is 15.1 Å². The number of hydrogen-bond acceptors (Lipinski definition) is 3. The maximum absolute atomic E-state index is 12.6. The van der Waals surface area contributed by atoms with Crippen molar-refractivity contribution in [2.75, 3.05) is 26.7 Å². The molecule has 0 radical (unpaired) electrons. The van der Waals surface area contributed by atoms with Crippen molar-refractivity contribution in [2.24, 2.45) is 0 Å². The third-order valence-corrected chi connectivity index (χ3v) is 5.33. The first kappa shape index (κ1) is 16.5. The maximum Gasteiger partial charge on any atom is 0.317 e. The Kier molecular flexibility index (Phi) is 4.30. The third kappa shape index (κ3) is 2.77. The van der Waals surface area contributed by atoms with Gasteiger partial charge in [-0.2, -0.15) is 0 Å². The predicted molar refractivity (Wildman–Crippen MR) is 89.6 cm³/mol. The highest BCUT2D eigenvalue weighted by atomic mass is 16.2. The first-order valence-corrected chi connectivity index (χ1v) is 8.31. The standard InChI is InChI=1S/C18H23N3O3/c1-13(22)18(14-6-4-3-5-7-14)8-10-21(11-9-18)16(23)15-12-20(2)17(24)19-15/h3-7,15H,8-12H2,1-2H3,(H,19,24)/t15-/m1/s1. The molecule has 128 valence electrons. The Balaban J connectivity index is 1.71. The summed E-state index contributed by atoms with van der Waals surface area (Å²) in [7, 11) is 1.68. The molecule has 6 heteroatoms. The second-order valence-electron chi connectivity index (χ2n) is 6.71. The van der Waals surface area contributed by atoms with Gasteiger partial charge in [0.2, 0.25) is 5.91 Å². The minimum absolute atomic E-state index is 0.0575. The molecule has 0 aromatic heterocycles. The minimum Gasteiger partial charge on any atom is -0.341 e. The average Bonchev–Trinajstić information content (AvgIpc) is 2.94. The summed E-state index contributed by atoms with van der Waals surface area (Å²) in [5, 5.41) is 2.70. The van der Waals surface area contributed by atoms with E-state index >= 15 is 0 Å². The molecule has 1 N–H and O–H groups in total. The monoisotopic (exact) mass is 329 g/mol. The van der Waals surface area contributed by atoms with E-state index in [0.717, 1.165) is 5.56 Å². The van der Waals surface area contributed by atoms with Crippen molar-refractivity contribution in [3.63, 3.8) is 0 Å². The van der Waals surface area contributed by atoms with Gasteiger partial charge in [-0.3, -0.25) is 9.59 Å². The lowest BCUT2D eigenvalue weighted by Crippen LogP contribution is -2.53. The van der Waals surface area contributed by atoms with Gasteiger partial charge in [-0.05, 0) is 25.3 Å². The molecule has 0 bridgehead atoms. The number of carbonyl (C=O) groups is 3. The Hall–Kier alpha value is -2.37. The molecular formula is C18H23N3O3. The fourth-order valence-electron chi connectivity index (χ4n) is 3.73. The quantitative estimate of drug-likeness (QED) is 0.905. The zero-order chi connectivity index (χ0) is 17.3. The molecular weight excluding hydrogens is 306 g/mol. The molecule has 1 aromatic rings. The highest BCUT2D eigenvalue weighted by molar-refractivity contribution is 5.91. The molecule has 24 heavy (non-hydrogen) atoms. The summed E-state index contributed by atoms with van der Waals surface area (Å²) in [5.41, 5.74) is 0.520. The average molecular weight is 329 g/mol. The number of carbonyl (C=O) groups excluding carboxylic acids is 3. The van der Waals surface area contributed by atoms with E-state index in [1.165, 1.54) is 4.90 Å². The molecule has 2 fully saturated rings. The second kappa shape index (κ2) is 6.26. The van der Waals surface area contributed by atoms with Crippen LogP contribution < -0.4 is 5.32 Å². The van der Waals surface area contributed by atoms with Crippen LogP contribution >= 0.6 is 0 Å². The van der Waals surface area contributed by atoms with Crippen molar-refractivity contribution >= 4 is 17.7 Å². The first-order chi connectivity index (χ1) is 11.4. The van der Waals surface area contributed by atoms with E-state index in [1.54, 1.807) is 18.9 Å². The molecule has 3 amide bonds. The van der Waals surface area contributed by atoms with Gasteiger partial charge in [0, 0.05) is 20.1 Å². The van der Waals surface area contributed by atoms with E-state index in [2.05, 4.69) is 5.32 Å². The van der Waals surface area contributed by atoms with Crippen LogP contribution in [-0.2, 0) is 15.0 Å². The molecule has 2 saturated heterocycles. The van der Waals surface area contributed by atoms with Crippen LogP contribution in [0.15, 0.2) is 30.3 Å². The van der Waals surface area contributed by atoms with Crippen molar-refractivity contribution in [3.05, 3.63) is 35.9 Å². The Morgan fingerprint density at radius 2 is 1.79 bits per heavy atom. The fraction of sp³-hybridized carbons (Fsp3) is 0.500. The number of nitrogens with one attached hydrogen (secondary N) is 1. The Morgan fingerprint density at radius 3 is 2.29 bits per heavy atom. The molecule has 2 aliphatic rings. The number of likely N-dealkylation sites (tertiary alicyclic amines) is 1. The lowest BCUT2D eigenvalue weighted by molar-refractivity contribution is -0.137. The number of urea groups is 1. The van der Waals surface area contributed by atoms with Crippen molar-refractivity contribution < 1.29 is 14.4 Å². The zero-order valence-electron chi connectivity index (χ0n) is 14.1. The minimum atomic E-state index is -0.506. The van der Waals surface area contributed by atoms with E-state index in [9.17, 15) is 14.4 Å². The van der Waals surface area contributed by atoms with E-state index in [4.69, 9.17) is 0 Å². The van der Waals surface area contributed by atoms with Gasteiger partial charge in [-0.25, -0.2) is 4.79 Å². The van der Waals surface area contributed by atoms with Crippen LogP contribution in [0.4, 0.5) is 4.79 Å². The highest BCUT2D eigenvalue weighted by Gasteiger charge is 2.43. The molecule has 0 spiro atoms. The normalized spacial score (nSPS) is 23.1. The molecule has 1 aromatic carbocycles. The molecule has 0 saturated carbocycles. The summed E-state index contributed by atoms with van der Waals surface area (Å²) in [6.07, 6.45) is 1.24. The van der Waals surface area contributed by atoms with Crippen LogP contribution in [0.1, 0.15) is 25.3 Å². The SMILES string of the molecule is CC(=O)C1(c2ccccc2)CCN(C(=O)[C@H]2CN(C)C(=O)N2)CC1. The molecule has 0 unspecified atom stereocenters. The third-order valence-electron chi connectivity index (χ3n) is 5.33. The lowest BCUT2D eigenvalue weighted by atomic mass is 9.70. The largest absolute Gasteiger partial charge is 0.341 e. The number of likely N-dealkylation sites (N-methyl/N-ethyl adjacent to an activating group) is 1. The van der Waals surface area contributed by atoms with Crippen LogP contribution in [0, 0.1) is 0 Å². The fourth-order valence-corrected chi connectivity index (χ4v) is 3.73. The first-order valence-electron chi connectivity index (χ1n) is 8.31. The van der Waals surface area contributed by atoms with E-state index in [1.807, 2.05) is 30.3 Å². The van der Waals surface area contributed by atoms with Gasteiger partial charge in [0.1, 0.15) is 11.8 Å². The Bertz CT molecular complexity index is 651. The van der Waals surface area contributed by atoms with E-state index in [0.29, 0.717) is 32.5 Å². The van der Waals surface area contributed by atoms with Crippen molar-refractivity contribution in [2.45, 2.75) is 31.2 Å². The van der Waals surface area contributed by atoms with E-state index < -0.39 is 11.5 Å². The number of ketones is 1. The van der Waals surface area contributed by atoms with Gasteiger partial charge < -0.3 is 15.1 Å². The van der Waals surface area contributed by atoms with Crippen LogP contribution in [-0.4, -0.2) is 60.2 Å². The van der Waals surface area contributed by atoms with E-state index in [-0.39, 0.29) is 17.7 Å². The van der Waals surface area contributed by atoms with Crippen LogP contribution in [0.5, 0.6) is 0 Å². The number of Topliss-reactive ketones (excluding diaryl/α,β-unsaturated/α-hetero) is 1. The molecule has 6 nitrogen and oxygen atoms in total. The maximum atomic E-state index is 12.6. The molecule has 1 atom stereocenters. The number of nitrogens with zero attached hydrogens (tertiary/aromatic N) is 2. The van der Waals surface area contributed by atoms with Gasteiger partial charge in [0.15, 0.2) is 0 Å². The summed E-state index contributed by atoms with van der Waals surface area (Å²) in [6, 6.07) is 9.12. The molecule has 2 heterocycles. The van der Waals surface area contributed by atoms with Gasteiger partial charge in [0.05, 0.1) is 12.0 Å². The van der Waals surface area contributed by atoms with Gasteiger partial charge in [-0.1, -0.05) is 30.3 Å². The van der Waals surface area contributed by atoms with Crippen molar-refractivity contribution in [3.8, 4) is 0 Å². The molecule has 2 aliphatic heterocycles. The van der Waals surface area contributed by atoms with Gasteiger partial charge >= 0.3 is 6.03 Å². The summed E-state index contributed by atoms with van der Waals surface area (Å²) >= 11 is 0. The summed E-state index contributed by atoms with van der Waals surface area (Å²) in [6.45, 7) is 3.09. The van der Waals surface area contributed by atoms with Crippen LogP contribution in [0.2, 0.25) is 0 Å². The van der Waals surface area contributed by atoms with Crippen LogP contribution in [0.25, 0.3) is 0 Å². The lowest BCUT2D eigenvalue weighted by Gasteiger charge is -2.41. The van der Waals surface area contributed by atoms with Crippen molar-refractivity contribution in [1.29, 1.82) is 0 Å². The smallest absolute Gasteiger partial charge is 0.317 e. The predicted octanol–water partition coefficient (Wildman–Crippen LogP) is 1.16. The number of benzene rings is 1. The molecule has 3 rings (SSSR count). The number of rotatable bonds is 3.